The monoisotopic (exact) mass is 257 g/mol. The molecule has 2 fully saturated rings. The Balaban J connectivity index is 1.66. The maximum Gasteiger partial charge on any atom is 0.234 e. The Labute approximate surface area is 111 Å². The zero-order chi connectivity index (χ0) is 13.0. The molecule has 1 aromatic rings. The Morgan fingerprint density at radius 2 is 1.74 bits per heavy atom. The summed E-state index contributed by atoms with van der Waals surface area (Å²) >= 11 is 0. The largest absolute Gasteiger partial charge is 0.467 e. The smallest absolute Gasteiger partial charge is 0.234 e. The molecule has 4 atom stereocenters. The number of hydrogen-bond donors (Lipinski definition) is 0. The highest BCUT2D eigenvalue weighted by Gasteiger charge is 2.56. The summed E-state index contributed by atoms with van der Waals surface area (Å²) in [5.41, 5.74) is 0. The first kappa shape index (κ1) is 11.0. The lowest BCUT2D eigenvalue weighted by Crippen LogP contribution is -2.38. The number of carbonyl (C=O) groups is 2. The lowest BCUT2D eigenvalue weighted by molar-refractivity contribution is -0.141. The van der Waals surface area contributed by atoms with Crippen LogP contribution in [-0.2, 0) is 16.1 Å². The first-order valence-electron chi connectivity index (χ1n) is 6.81. The van der Waals surface area contributed by atoms with Gasteiger partial charge >= 0.3 is 0 Å². The van der Waals surface area contributed by atoms with E-state index in [1.165, 1.54) is 4.90 Å². The summed E-state index contributed by atoms with van der Waals surface area (Å²) in [7, 11) is 0. The molecule has 0 N–H and O–H groups in total. The molecular weight excluding hydrogens is 242 g/mol. The van der Waals surface area contributed by atoms with Crippen LogP contribution in [0.4, 0.5) is 0 Å². The number of nitrogens with zero attached hydrogens (tertiary/aromatic N) is 1. The summed E-state index contributed by atoms with van der Waals surface area (Å²) in [6.07, 6.45) is 7.92. The molecule has 0 spiro atoms. The third-order valence-electron chi connectivity index (χ3n) is 4.74. The van der Waals surface area contributed by atoms with Crippen LogP contribution in [0.2, 0.25) is 0 Å². The molecule has 1 saturated heterocycles. The van der Waals surface area contributed by atoms with Crippen molar-refractivity contribution in [2.75, 3.05) is 0 Å². The Kier molecular flexibility index (Phi) is 2.22. The summed E-state index contributed by atoms with van der Waals surface area (Å²) in [4.78, 5) is 26.4. The van der Waals surface area contributed by atoms with Gasteiger partial charge in [0.2, 0.25) is 11.8 Å². The second-order valence-electron chi connectivity index (χ2n) is 5.68. The molecular formula is C15H15NO3. The van der Waals surface area contributed by atoms with Crippen molar-refractivity contribution in [3.8, 4) is 0 Å². The number of rotatable bonds is 2. The number of imide groups is 1. The molecule has 2 bridgehead atoms. The molecule has 5 rings (SSSR count). The average Bonchev–Trinajstić information content (AvgIpc) is 3.04. The number of carbonyl (C=O) groups excluding carboxylic acids is 2. The lowest BCUT2D eigenvalue weighted by Gasteiger charge is -2.38. The predicted octanol–water partition coefficient (Wildman–Crippen LogP) is 1.98. The van der Waals surface area contributed by atoms with Gasteiger partial charge in [-0.15, -0.1) is 0 Å². The zero-order valence-electron chi connectivity index (χ0n) is 10.5. The Morgan fingerprint density at radius 1 is 1.11 bits per heavy atom. The molecule has 19 heavy (non-hydrogen) atoms. The van der Waals surface area contributed by atoms with Gasteiger partial charge in [0.1, 0.15) is 5.76 Å². The molecule has 3 aliphatic carbocycles. The minimum Gasteiger partial charge on any atom is -0.467 e. The summed E-state index contributed by atoms with van der Waals surface area (Å²) < 4.78 is 5.25. The molecule has 0 aromatic carbocycles. The van der Waals surface area contributed by atoms with Crippen LogP contribution in [0.3, 0.4) is 0 Å². The fraction of sp³-hybridized carbons (Fsp3) is 0.467. The van der Waals surface area contributed by atoms with Crippen molar-refractivity contribution in [2.24, 2.45) is 23.7 Å². The van der Waals surface area contributed by atoms with E-state index in [4.69, 9.17) is 4.42 Å². The van der Waals surface area contributed by atoms with Gasteiger partial charge < -0.3 is 4.42 Å². The Hall–Kier alpha value is -1.84. The fourth-order valence-corrected chi connectivity index (χ4v) is 3.85. The second-order valence-corrected chi connectivity index (χ2v) is 5.68. The molecule has 0 radical (unpaired) electrons. The van der Waals surface area contributed by atoms with Crippen molar-refractivity contribution < 1.29 is 14.0 Å². The maximum atomic E-state index is 12.5. The van der Waals surface area contributed by atoms with Gasteiger partial charge in [-0.2, -0.15) is 0 Å². The van der Waals surface area contributed by atoms with Crippen LogP contribution in [0.1, 0.15) is 18.6 Å². The normalized spacial score (nSPS) is 36.1. The Morgan fingerprint density at radius 3 is 2.21 bits per heavy atom. The maximum absolute atomic E-state index is 12.5. The number of likely N-dealkylation sites (tertiary alicyclic amines) is 1. The number of hydrogen-bond acceptors (Lipinski definition) is 3. The van der Waals surface area contributed by atoms with Crippen LogP contribution in [0.15, 0.2) is 35.0 Å². The third-order valence-corrected chi connectivity index (χ3v) is 4.74. The van der Waals surface area contributed by atoms with Crippen molar-refractivity contribution in [1.82, 2.24) is 4.90 Å². The van der Waals surface area contributed by atoms with Gasteiger partial charge in [-0.25, -0.2) is 0 Å². The third kappa shape index (κ3) is 1.46. The van der Waals surface area contributed by atoms with Crippen LogP contribution in [0, 0.1) is 23.7 Å². The highest BCUT2D eigenvalue weighted by atomic mass is 16.3. The van der Waals surface area contributed by atoms with Crippen molar-refractivity contribution in [1.29, 1.82) is 0 Å². The van der Waals surface area contributed by atoms with Crippen molar-refractivity contribution in [3.63, 3.8) is 0 Å². The van der Waals surface area contributed by atoms with E-state index in [9.17, 15) is 9.59 Å². The molecule has 1 aliphatic heterocycles. The molecule has 2 heterocycles. The Bertz CT molecular complexity index is 528. The first-order valence-corrected chi connectivity index (χ1v) is 6.81. The van der Waals surface area contributed by atoms with Crippen LogP contribution >= 0.6 is 0 Å². The van der Waals surface area contributed by atoms with Gasteiger partial charge in [-0.05, 0) is 36.8 Å². The molecule has 0 unspecified atom stereocenters. The predicted molar refractivity (Wildman–Crippen MR) is 66.6 cm³/mol. The number of allylic oxidation sites excluding steroid dienone is 2. The molecule has 4 nitrogen and oxygen atoms in total. The standard InChI is InChI=1S/C15H15NO3/c17-14-12-9-3-4-10(6-5-9)13(12)15(18)16(14)8-11-2-1-7-19-11/h1-4,7,9-10,12-13H,5-6,8H2/t9-,10-,12+,13+/m0/s1. The highest BCUT2D eigenvalue weighted by molar-refractivity contribution is 6.05. The molecule has 98 valence electrons. The molecule has 1 aromatic heterocycles. The van der Waals surface area contributed by atoms with E-state index in [1.807, 2.05) is 0 Å². The van der Waals surface area contributed by atoms with Gasteiger partial charge in [0, 0.05) is 0 Å². The minimum absolute atomic E-state index is 0.00884. The van der Waals surface area contributed by atoms with Crippen molar-refractivity contribution >= 4 is 11.8 Å². The minimum atomic E-state index is -0.119. The quantitative estimate of drug-likeness (QED) is 0.601. The molecule has 2 amide bonds. The zero-order valence-corrected chi connectivity index (χ0v) is 10.5. The van der Waals surface area contributed by atoms with E-state index in [0.29, 0.717) is 5.76 Å². The van der Waals surface area contributed by atoms with Crippen molar-refractivity contribution in [2.45, 2.75) is 19.4 Å². The summed E-state index contributed by atoms with van der Waals surface area (Å²) in [6.45, 7) is 0.275. The number of amides is 2. The van der Waals surface area contributed by atoms with Crippen LogP contribution in [-0.4, -0.2) is 16.7 Å². The van der Waals surface area contributed by atoms with Gasteiger partial charge in [0.05, 0.1) is 24.6 Å². The van der Waals surface area contributed by atoms with Gasteiger partial charge in [-0.1, -0.05) is 12.2 Å². The van der Waals surface area contributed by atoms with E-state index in [0.717, 1.165) is 12.8 Å². The fourth-order valence-electron chi connectivity index (χ4n) is 3.85. The van der Waals surface area contributed by atoms with E-state index in [1.54, 1.807) is 18.4 Å². The topological polar surface area (TPSA) is 50.5 Å². The first-order chi connectivity index (χ1) is 9.25. The lowest BCUT2D eigenvalue weighted by atomic mass is 9.63. The van der Waals surface area contributed by atoms with Crippen LogP contribution in [0.25, 0.3) is 0 Å². The van der Waals surface area contributed by atoms with Gasteiger partial charge in [-0.3, -0.25) is 14.5 Å². The number of fused-ring (bicyclic) bond motifs is 1. The van der Waals surface area contributed by atoms with E-state index in [-0.39, 0.29) is 42.0 Å². The average molecular weight is 257 g/mol. The van der Waals surface area contributed by atoms with E-state index >= 15 is 0 Å². The summed E-state index contributed by atoms with van der Waals surface area (Å²) in [5.74, 6) is 0.926. The molecule has 1 saturated carbocycles. The highest BCUT2D eigenvalue weighted by Crippen LogP contribution is 2.49. The second kappa shape index (κ2) is 3.83. The van der Waals surface area contributed by atoms with Crippen LogP contribution in [0.5, 0.6) is 0 Å². The van der Waals surface area contributed by atoms with E-state index in [2.05, 4.69) is 12.2 Å². The molecule has 4 aliphatic rings. The van der Waals surface area contributed by atoms with Crippen LogP contribution < -0.4 is 0 Å². The summed E-state index contributed by atoms with van der Waals surface area (Å²) in [6, 6.07) is 3.58. The van der Waals surface area contributed by atoms with Gasteiger partial charge in [0.25, 0.3) is 0 Å². The van der Waals surface area contributed by atoms with Gasteiger partial charge in [0.15, 0.2) is 0 Å². The van der Waals surface area contributed by atoms with Crippen molar-refractivity contribution in [3.05, 3.63) is 36.3 Å². The van der Waals surface area contributed by atoms with E-state index < -0.39 is 0 Å². The molecule has 4 heteroatoms. The summed E-state index contributed by atoms with van der Waals surface area (Å²) in [5, 5.41) is 0. The SMILES string of the molecule is O=C1[C@H]2[C@H](C(=O)N1Cc1ccco1)[C@H]1C=C[C@H]2CC1. The number of furan rings is 1.